The molecule has 3 aromatic rings. The van der Waals surface area contributed by atoms with Gasteiger partial charge in [-0.3, -0.25) is 34.8 Å². The molecule has 16 nitrogen and oxygen atoms in total. The van der Waals surface area contributed by atoms with Crippen LogP contribution < -0.4 is 46.7 Å². The van der Waals surface area contributed by atoms with Crippen LogP contribution in [0.3, 0.4) is 0 Å². The lowest BCUT2D eigenvalue weighted by atomic mass is 9.98. The maximum absolute atomic E-state index is 13.4. The normalized spacial score (nSPS) is 12.6. The molecule has 322 valence electrons. The summed E-state index contributed by atoms with van der Waals surface area (Å²) in [4.78, 5) is 76.7. The van der Waals surface area contributed by atoms with Gasteiger partial charge in [0.25, 0.3) is 5.91 Å². The van der Waals surface area contributed by atoms with Crippen molar-refractivity contribution in [2.45, 2.75) is 91.8 Å². The van der Waals surface area contributed by atoms with Crippen LogP contribution in [0.15, 0.2) is 54.6 Å². The predicted molar refractivity (Wildman–Crippen MR) is 223 cm³/mol. The topological polar surface area (TPSA) is 226 Å². The number of nitrogens with two attached hydrogens (primary N) is 1. The van der Waals surface area contributed by atoms with E-state index in [0.717, 1.165) is 10.8 Å². The van der Waals surface area contributed by atoms with Gasteiger partial charge in [-0.15, -0.1) is 0 Å². The molecule has 3 atom stereocenters. The monoisotopic (exact) mass is 820 g/mol. The number of rotatable bonds is 22. The second-order valence-electron chi connectivity index (χ2n) is 15.3. The van der Waals surface area contributed by atoms with Crippen LogP contribution >= 0.6 is 0 Å². The lowest BCUT2D eigenvalue weighted by Gasteiger charge is -2.28. The summed E-state index contributed by atoms with van der Waals surface area (Å²) in [6, 6.07) is 13.2. The van der Waals surface area contributed by atoms with Crippen LogP contribution in [0.2, 0.25) is 0 Å². The maximum atomic E-state index is 13.4. The second kappa shape index (κ2) is 23.4. The number of anilines is 1. The minimum atomic E-state index is -0.919. The van der Waals surface area contributed by atoms with Gasteiger partial charge in [0.15, 0.2) is 0 Å². The van der Waals surface area contributed by atoms with Crippen LogP contribution in [-0.2, 0) is 28.7 Å². The fraction of sp³-hybridized carbons (Fsp3) is 0.488. The van der Waals surface area contributed by atoms with Crippen LogP contribution in [0.1, 0.15) is 84.0 Å². The van der Waals surface area contributed by atoms with E-state index in [1.165, 1.54) is 20.3 Å². The molecule has 0 aliphatic carbocycles. The Morgan fingerprint density at radius 3 is 1.78 bits per heavy atom. The maximum Gasteiger partial charge on any atom is 0.328 e. The van der Waals surface area contributed by atoms with Crippen molar-refractivity contribution in [3.8, 4) is 17.2 Å². The van der Waals surface area contributed by atoms with Gasteiger partial charge in [0.05, 0.1) is 33.0 Å². The number of benzene rings is 3. The molecular formula is C43H60N6O10. The van der Waals surface area contributed by atoms with E-state index in [-0.39, 0.29) is 61.2 Å². The van der Waals surface area contributed by atoms with E-state index in [2.05, 4.69) is 26.8 Å². The number of esters is 1. The lowest BCUT2D eigenvalue weighted by molar-refractivity contribution is -0.146. The standard InChI is InChI=1S/C43H60N6O10/c1-25(2)21-34(41(53)47-39(27(5)6)43(55)57-8)45-42(54)38(26(3)4)46-36(50)11-9-19-58-31-16-13-28-14-17-32(23-29(28)22-31)59-20-10-12-37(51)48-49-40(52)33-24-30(44)15-18-35(33)56-7/h13-18,22-27,34,38-39H,9-12,19-21,44H2,1-8H3,(H,45,54)(H,46,50)(H,47,53)(H,48,51)(H,49,52)/t34-,38-,39-/m0/s1. The molecule has 0 unspecified atom stereocenters. The highest BCUT2D eigenvalue weighted by atomic mass is 16.5. The molecule has 0 aromatic heterocycles. The summed E-state index contributed by atoms with van der Waals surface area (Å²) in [6.07, 6.45) is 1.33. The molecule has 0 aliphatic rings. The molecule has 0 saturated carbocycles. The number of ether oxygens (including phenoxy) is 4. The van der Waals surface area contributed by atoms with E-state index in [9.17, 15) is 28.8 Å². The fourth-order valence-electron chi connectivity index (χ4n) is 6.01. The number of carbonyl (C=O) groups is 6. The van der Waals surface area contributed by atoms with Crippen molar-refractivity contribution in [2.24, 2.45) is 17.8 Å². The Balaban J connectivity index is 1.45. The number of fused-ring (bicyclic) bond motifs is 1. The van der Waals surface area contributed by atoms with Gasteiger partial charge in [-0.25, -0.2) is 4.79 Å². The van der Waals surface area contributed by atoms with Crippen LogP contribution in [0.25, 0.3) is 10.8 Å². The second-order valence-corrected chi connectivity index (χ2v) is 15.3. The summed E-state index contributed by atoms with van der Waals surface area (Å²) >= 11 is 0. The Morgan fingerprint density at radius 2 is 1.24 bits per heavy atom. The number of amides is 5. The first-order valence-electron chi connectivity index (χ1n) is 19.8. The summed E-state index contributed by atoms with van der Waals surface area (Å²) < 4.78 is 21.8. The third kappa shape index (κ3) is 15.3. The minimum absolute atomic E-state index is 0.0565. The Morgan fingerprint density at radius 1 is 0.644 bits per heavy atom. The fourth-order valence-corrected chi connectivity index (χ4v) is 6.01. The van der Waals surface area contributed by atoms with Crippen molar-refractivity contribution in [1.82, 2.24) is 26.8 Å². The number of hydrogen-bond acceptors (Lipinski definition) is 11. The Hall–Kier alpha value is -6.06. The Labute approximate surface area is 346 Å². The number of hydrazine groups is 1. The molecule has 3 rings (SSSR count). The van der Waals surface area contributed by atoms with Crippen molar-refractivity contribution < 1.29 is 47.7 Å². The van der Waals surface area contributed by atoms with Crippen molar-refractivity contribution in [3.63, 3.8) is 0 Å². The molecule has 0 radical (unpaired) electrons. The zero-order valence-electron chi connectivity index (χ0n) is 35.3. The first-order chi connectivity index (χ1) is 28.0. The molecule has 5 amide bonds. The highest BCUT2D eigenvalue weighted by Crippen LogP contribution is 2.26. The summed E-state index contributed by atoms with van der Waals surface area (Å²) in [6.45, 7) is 11.5. The van der Waals surface area contributed by atoms with Crippen molar-refractivity contribution >= 4 is 52.0 Å². The summed E-state index contributed by atoms with van der Waals surface area (Å²) in [5, 5.41) is 10.1. The number of methoxy groups -OCH3 is 2. The number of hydrogen-bond donors (Lipinski definition) is 6. The van der Waals surface area contributed by atoms with Crippen molar-refractivity contribution in [2.75, 3.05) is 33.2 Å². The van der Waals surface area contributed by atoms with Crippen LogP contribution in [0.4, 0.5) is 5.69 Å². The smallest absolute Gasteiger partial charge is 0.328 e. The van der Waals surface area contributed by atoms with Gasteiger partial charge in [-0.1, -0.05) is 53.7 Å². The zero-order chi connectivity index (χ0) is 43.6. The predicted octanol–water partition coefficient (Wildman–Crippen LogP) is 4.20. The highest BCUT2D eigenvalue weighted by molar-refractivity contribution is 5.98. The highest BCUT2D eigenvalue weighted by Gasteiger charge is 2.32. The van der Waals surface area contributed by atoms with E-state index in [0.29, 0.717) is 42.2 Å². The van der Waals surface area contributed by atoms with Gasteiger partial charge >= 0.3 is 5.97 Å². The number of nitrogens with one attached hydrogen (secondary N) is 5. The molecule has 0 saturated heterocycles. The average molecular weight is 821 g/mol. The third-order valence-corrected chi connectivity index (χ3v) is 9.23. The third-order valence-electron chi connectivity index (χ3n) is 9.23. The van der Waals surface area contributed by atoms with E-state index < -0.39 is 41.8 Å². The zero-order valence-corrected chi connectivity index (χ0v) is 35.3. The SMILES string of the molecule is COC(=O)[C@@H](NC(=O)[C@H](CC(C)C)NC(=O)[C@@H](NC(=O)CCCOc1ccc2ccc(OCCCC(=O)NNC(=O)c3cc(N)ccc3OC)cc2c1)C(C)C)C(C)C. The van der Waals surface area contributed by atoms with Crippen LogP contribution in [0, 0.1) is 17.8 Å². The van der Waals surface area contributed by atoms with Gasteiger partial charge in [0, 0.05) is 18.5 Å². The average Bonchev–Trinajstić information content (AvgIpc) is 3.19. The summed E-state index contributed by atoms with van der Waals surface area (Å²) in [5.41, 5.74) is 11.1. The molecule has 0 fully saturated rings. The van der Waals surface area contributed by atoms with E-state index in [1.54, 1.807) is 39.8 Å². The van der Waals surface area contributed by atoms with Crippen molar-refractivity contribution in [3.05, 3.63) is 60.2 Å². The Kier molecular flexibility index (Phi) is 18.7. The van der Waals surface area contributed by atoms with Gasteiger partial charge in [0.2, 0.25) is 23.6 Å². The molecule has 16 heteroatoms. The molecule has 59 heavy (non-hydrogen) atoms. The first kappa shape index (κ1) is 47.3. The van der Waals surface area contributed by atoms with Gasteiger partial charge in [-0.2, -0.15) is 0 Å². The number of nitrogen functional groups attached to an aromatic ring is 1. The van der Waals surface area contributed by atoms with E-state index >= 15 is 0 Å². The van der Waals surface area contributed by atoms with E-state index in [4.69, 9.17) is 24.7 Å². The van der Waals surface area contributed by atoms with Crippen LogP contribution in [0.5, 0.6) is 17.2 Å². The molecule has 7 N–H and O–H groups in total. The molecule has 0 heterocycles. The lowest BCUT2D eigenvalue weighted by Crippen LogP contribution is -2.57. The Bertz CT molecular complexity index is 1920. The first-order valence-corrected chi connectivity index (χ1v) is 19.8. The minimum Gasteiger partial charge on any atom is -0.496 e. The van der Waals surface area contributed by atoms with E-state index in [1.807, 2.05) is 50.2 Å². The molecule has 0 aliphatic heterocycles. The largest absolute Gasteiger partial charge is 0.496 e. The van der Waals surface area contributed by atoms with Gasteiger partial charge < -0.3 is 40.6 Å². The molecule has 3 aromatic carbocycles. The summed E-state index contributed by atoms with van der Waals surface area (Å²) in [7, 11) is 2.68. The molecular weight excluding hydrogens is 761 g/mol. The quantitative estimate of drug-likeness (QED) is 0.0365. The van der Waals surface area contributed by atoms with Gasteiger partial charge in [-0.05, 0) is 90.3 Å². The molecule has 0 spiro atoms. The summed E-state index contributed by atoms with van der Waals surface area (Å²) in [5.74, 6) is -1.76. The van der Waals surface area contributed by atoms with Gasteiger partial charge in [0.1, 0.15) is 35.4 Å². The number of carbonyl (C=O) groups excluding carboxylic acids is 6. The van der Waals surface area contributed by atoms with Crippen molar-refractivity contribution in [1.29, 1.82) is 0 Å². The van der Waals surface area contributed by atoms with Crippen LogP contribution in [-0.4, -0.2) is 81.1 Å². The molecule has 0 bridgehead atoms.